The molecule has 2 rings (SSSR count). The van der Waals surface area contributed by atoms with Crippen LogP contribution in [-0.2, 0) is 6.18 Å². The van der Waals surface area contributed by atoms with Gasteiger partial charge in [-0.2, -0.15) is 18.4 Å². The van der Waals surface area contributed by atoms with Crippen LogP contribution in [0.4, 0.5) is 17.6 Å². The molecule has 0 saturated heterocycles. The Morgan fingerprint density at radius 3 is 2.26 bits per heavy atom. The van der Waals surface area contributed by atoms with Gasteiger partial charge in [0.25, 0.3) is 0 Å². The second-order valence-corrected chi connectivity index (χ2v) is 4.56. The lowest BCUT2D eigenvalue weighted by molar-refractivity contribution is -0.137. The van der Waals surface area contributed by atoms with E-state index in [2.05, 4.69) is 0 Å². The summed E-state index contributed by atoms with van der Waals surface area (Å²) in [5, 5.41) is 9.06. The molecule has 0 fully saturated rings. The second kappa shape index (κ2) is 6.44. The van der Waals surface area contributed by atoms with Gasteiger partial charge in [0.15, 0.2) is 0 Å². The molecule has 0 radical (unpaired) electrons. The average molecular weight is 319 g/mol. The molecule has 0 heterocycles. The Balaban J connectivity index is 2.52. The van der Waals surface area contributed by atoms with E-state index in [9.17, 15) is 22.4 Å². The number of halogens is 4. The number of Topliss-reactive ketones (excluding diaryl/α,β-unsaturated/α-hetero) is 1. The summed E-state index contributed by atoms with van der Waals surface area (Å²) in [7, 11) is 0. The molecule has 2 aromatic carbocycles. The van der Waals surface area contributed by atoms with Crippen LogP contribution in [0.25, 0.3) is 6.08 Å². The largest absolute Gasteiger partial charge is 0.416 e. The molecule has 0 aliphatic carbocycles. The standard InChI is InChI=1S/C17H9F4NO/c18-15-8-4-2-6-13(15)16(23)12(10-22)9-11-5-1-3-7-14(11)17(19,20)21/h1-9H/b12-9+. The molecular weight excluding hydrogens is 310 g/mol. The number of benzene rings is 2. The Hall–Kier alpha value is -2.94. The zero-order chi connectivity index (χ0) is 17.0. The summed E-state index contributed by atoms with van der Waals surface area (Å²) < 4.78 is 52.4. The number of nitriles is 1. The van der Waals surface area contributed by atoms with Crippen molar-refractivity contribution < 1.29 is 22.4 Å². The lowest BCUT2D eigenvalue weighted by atomic mass is 9.99. The maximum absolute atomic E-state index is 13.6. The molecule has 116 valence electrons. The molecule has 0 N–H and O–H groups in total. The molecule has 0 spiro atoms. The number of carbonyl (C=O) groups is 1. The maximum Gasteiger partial charge on any atom is 0.416 e. The van der Waals surface area contributed by atoms with Gasteiger partial charge in [-0.25, -0.2) is 4.39 Å². The topological polar surface area (TPSA) is 40.9 Å². The van der Waals surface area contributed by atoms with Gasteiger partial charge in [-0.05, 0) is 29.8 Å². The molecule has 0 atom stereocenters. The number of alkyl halides is 3. The van der Waals surface area contributed by atoms with E-state index in [0.29, 0.717) is 0 Å². The molecule has 0 aromatic heterocycles. The van der Waals surface area contributed by atoms with E-state index < -0.39 is 28.9 Å². The van der Waals surface area contributed by atoms with Crippen molar-refractivity contribution in [3.05, 3.63) is 76.6 Å². The molecule has 0 unspecified atom stereocenters. The third-order valence-electron chi connectivity index (χ3n) is 3.05. The normalized spacial score (nSPS) is 11.9. The first kappa shape index (κ1) is 16.4. The number of hydrogen-bond donors (Lipinski definition) is 0. The van der Waals surface area contributed by atoms with Gasteiger partial charge in [-0.3, -0.25) is 4.79 Å². The summed E-state index contributed by atoms with van der Waals surface area (Å²) in [6.45, 7) is 0. The van der Waals surface area contributed by atoms with Gasteiger partial charge in [0, 0.05) is 0 Å². The first-order valence-corrected chi connectivity index (χ1v) is 6.42. The third kappa shape index (κ3) is 3.64. The number of hydrogen-bond acceptors (Lipinski definition) is 2. The molecule has 0 bridgehead atoms. The van der Waals surface area contributed by atoms with E-state index in [4.69, 9.17) is 5.26 Å². The summed E-state index contributed by atoms with van der Waals surface area (Å²) in [5.74, 6) is -1.81. The monoisotopic (exact) mass is 319 g/mol. The van der Waals surface area contributed by atoms with Crippen LogP contribution in [0.2, 0.25) is 0 Å². The van der Waals surface area contributed by atoms with Crippen molar-refractivity contribution in [3.63, 3.8) is 0 Å². The first-order chi connectivity index (χ1) is 10.8. The quantitative estimate of drug-likeness (QED) is 0.358. The number of allylic oxidation sites excluding steroid dienone is 1. The van der Waals surface area contributed by atoms with Crippen LogP contribution in [0.15, 0.2) is 54.1 Å². The third-order valence-corrected chi connectivity index (χ3v) is 3.05. The SMILES string of the molecule is N#C/C(=C\c1ccccc1C(F)(F)F)C(=O)c1ccccc1F. The predicted molar refractivity (Wildman–Crippen MR) is 75.8 cm³/mol. The smallest absolute Gasteiger partial charge is 0.288 e. The molecule has 0 amide bonds. The van der Waals surface area contributed by atoms with E-state index in [0.717, 1.165) is 24.3 Å². The maximum atomic E-state index is 13.6. The van der Waals surface area contributed by atoms with Crippen molar-refractivity contribution in [3.8, 4) is 6.07 Å². The Morgan fingerprint density at radius 1 is 1.04 bits per heavy atom. The molecule has 2 nitrogen and oxygen atoms in total. The van der Waals surface area contributed by atoms with Crippen LogP contribution < -0.4 is 0 Å². The first-order valence-electron chi connectivity index (χ1n) is 6.42. The van der Waals surface area contributed by atoms with E-state index in [-0.39, 0.29) is 11.1 Å². The van der Waals surface area contributed by atoms with Gasteiger partial charge in [-0.15, -0.1) is 0 Å². The van der Waals surface area contributed by atoms with Crippen LogP contribution in [0.1, 0.15) is 21.5 Å². The minimum Gasteiger partial charge on any atom is -0.288 e. The van der Waals surface area contributed by atoms with Gasteiger partial charge >= 0.3 is 6.18 Å². The minimum absolute atomic E-state index is 0.332. The molecule has 23 heavy (non-hydrogen) atoms. The highest BCUT2D eigenvalue weighted by Gasteiger charge is 2.32. The van der Waals surface area contributed by atoms with Gasteiger partial charge in [0.1, 0.15) is 17.5 Å². The van der Waals surface area contributed by atoms with Crippen molar-refractivity contribution in [2.45, 2.75) is 6.18 Å². The van der Waals surface area contributed by atoms with Crippen LogP contribution in [0.5, 0.6) is 0 Å². The Labute approximate surface area is 129 Å². The zero-order valence-electron chi connectivity index (χ0n) is 11.6. The fourth-order valence-electron chi connectivity index (χ4n) is 1.98. The van der Waals surface area contributed by atoms with Crippen LogP contribution in [-0.4, -0.2) is 5.78 Å². The number of rotatable bonds is 3. The van der Waals surface area contributed by atoms with Gasteiger partial charge < -0.3 is 0 Å². The number of nitrogens with zero attached hydrogens (tertiary/aromatic N) is 1. The Bertz CT molecular complexity index is 816. The van der Waals surface area contributed by atoms with E-state index >= 15 is 0 Å². The minimum atomic E-state index is -4.63. The van der Waals surface area contributed by atoms with Gasteiger partial charge in [0.05, 0.1) is 11.1 Å². The molecule has 2 aromatic rings. The highest BCUT2D eigenvalue weighted by atomic mass is 19.4. The van der Waals surface area contributed by atoms with Gasteiger partial charge in [0.2, 0.25) is 5.78 Å². The molecular formula is C17H9F4NO. The van der Waals surface area contributed by atoms with E-state index in [1.165, 1.54) is 36.4 Å². The molecule has 0 saturated carbocycles. The Kier molecular flexibility index (Phi) is 4.60. The van der Waals surface area contributed by atoms with Crippen molar-refractivity contribution in [1.29, 1.82) is 5.26 Å². The molecule has 0 aliphatic heterocycles. The van der Waals surface area contributed by atoms with Crippen molar-refractivity contribution in [2.24, 2.45) is 0 Å². The van der Waals surface area contributed by atoms with Crippen LogP contribution in [0, 0.1) is 17.1 Å². The zero-order valence-corrected chi connectivity index (χ0v) is 11.6. The van der Waals surface area contributed by atoms with Crippen LogP contribution >= 0.6 is 0 Å². The average Bonchev–Trinajstić information content (AvgIpc) is 2.52. The highest BCUT2D eigenvalue weighted by Crippen LogP contribution is 2.33. The van der Waals surface area contributed by atoms with E-state index in [1.54, 1.807) is 0 Å². The van der Waals surface area contributed by atoms with Crippen molar-refractivity contribution >= 4 is 11.9 Å². The lowest BCUT2D eigenvalue weighted by Gasteiger charge is -2.10. The lowest BCUT2D eigenvalue weighted by Crippen LogP contribution is -2.08. The molecule has 0 aliphatic rings. The number of ketones is 1. The summed E-state index contributed by atoms with van der Waals surface area (Å²) in [5.41, 5.74) is -2.26. The summed E-state index contributed by atoms with van der Waals surface area (Å²) in [4.78, 5) is 12.2. The van der Waals surface area contributed by atoms with Crippen LogP contribution in [0.3, 0.4) is 0 Å². The fraction of sp³-hybridized carbons (Fsp3) is 0.0588. The van der Waals surface area contributed by atoms with Crippen molar-refractivity contribution in [1.82, 2.24) is 0 Å². The van der Waals surface area contributed by atoms with Gasteiger partial charge in [-0.1, -0.05) is 30.3 Å². The summed E-state index contributed by atoms with van der Waals surface area (Å²) in [6, 6.07) is 11.0. The Morgan fingerprint density at radius 2 is 1.65 bits per heavy atom. The van der Waals surface area contributed by atoms with Crippen molar-refractivity contribution in [2.75, 3.05) is 0 Å². The highest BCUT2D eigenvalue weighted by molar-refractivity contribution is 6.14. The summed E-state index contributed by atoms with van der Waals surface area (Å²) in [6.07, 6.45) is -3.81. The predicted octanol–water partition coefficient (Wildman–Crippen LogP) is 4.63. The summed E-state index contributed by atoms with van der Waals surface area (Å²) >= 11 is 0. The van der Waals surface area contributed by atoms with E-state index in [1.807, 2.05) is 0 Å². The number of carbonyl (C=O) groups excluding carboxylic acids is 1. The second-order valence-electron chi connectivity index (χ2n) is 4.56. The molecule has 6 heteroatoms. The fourth-order valence-corrected chi connectivity index (χ4v) is 1.98.